The summed E-state index contributed by atoms with van der Waals surface area (Å²) >= 11 is 6.00. The summed E-state index contributed by atoms with van der Waals surface area (Å²) < 4.78 is 16.2. The van der Waals surface area contributed by atoms with E-state index in [1.807, 2.05) is 35.0 Å². The molecule has 1 N–H and O–H groups in total. The van der Waals surface area contributed by atoms with Gasteiger partial charge in [-0.05, 0) is 55.7 Å². The number of hydrogen-bond acceptors (Lipinski definition) is 2. The summed E-state index contributed by atoms with van der Waals surface area (Å²) in [5.41, 5.74) is 3.25. The van der Waals surface area contributed by atoms with Crippen LogP contribution in [0.2, 0.25) is 5.02 Å². The van der Waals surface area contributed by atoms with Crippen molar-refractivity contribution in [2.24, 2.45) is 0 Å². The molecule has 0 saturated heterocycles. The van der Waals surface area contributed by atoms with Crippen molar-refractivity contribution in [1.82, 2.24) is 9.78 Å². The molecule has 122 valence electrons. The van der Waals surface area contributed by atoms with Crippen LogP contribution in [-0.4, -0.2) is 16.3 Å². The van der Waals surface area contributed by atoms with E-state index in [2.05, 4.69) is 5.32 Å². The minimum atomic E-state index is -0.245. The van der Waals surface area contributed by atoms with Gasteiger partial charge in [0.2, 0.25) is 0 Å². The van der Waals surface area contributed by atoms with Crippen LogP contribution >= 0.6 is 11.6 Å². The zero-order valence-electron chi connectivity index (χ0n) is 13.1. The predicted molar refractivity (Wildman–Crippen MR) is 95.4 cm³/mol. The van der Waals surface area contributed by atoms with Gasteiger partial charge in [-0.3, -0.25) is 0 Å². The van der Waals surface area contributed by atoms with Crippen LogP contribution in [0.15, 0.2) is 48.5 Å². The summed E-state index contributed by atoms with van der Waals surface area (Å²) in [6, 6.07) is 14.3. The first kappa shape index (κ1) is 15.2. The van der Waals surface area contributed by atoms with Crippen LogP contribution in [-0.2, 0) is 6.42 Å². The van der Waals surface area contributed by atoms with Crippen molar-refractivity contribution in [3.8, 4) is 16.9 Å². The van der Waals surface area contributed by atoms with E-state index in [1.54, 1.807) is 12.1 Å². The van der Waals surface area contributed by atoms with Crippen molar-refractivity contribution in [3.63, 3.8) is 0 Å². The number of fused-ring (bicyclic) bond motifs is 1. The highest BCUT2D eigenvalue weighted by molar-refractivity contribution is 6.30. The van der Waals surface area contributed by atoms with Gasteiger partial charge in [0.1, 0.15) is 17.3 Å². The van der Waals surface area contributed by atoms with Gasteiger partial charge in [0.15, 0.2) is 0 Å². The van der Waals surface area contributed by atoms with E-state index in [4.69, 9.17) is 16.7 Å². The summed E-state index contributed by atoms with van der Waals surface area (Å²) in [5.74, 6) is 0.707. The average molecular weight is 342 g/mol. The van der Waals surface area contributed by atoms with Crippen LogP contribution in [0.3, 0.4) is 0 Å². The lowest BCUT2D eigenvalue weighted by molar-refractivity contribution is 0.630. The second kappa shape index (κ2) is 6.29. The molecular formula is C19H17ClFN3. The molecule has 3 nitrogen and oxygen atoms in total. The smallest absolute Gasteiger partial charge is 0.133 e. The first-order valence-corrected chi connectivity index (χ1v) is 8.48. The molecule has 1 aromatic heterocycles. The Hall–Kier alpha value is -2.33. The molecule has 2 aromatic carbocycles. The maximum Gasteiger partial charge on any atom is 0.133 e. The summed E-state index contributed by atoms with van der Waals surface area (Å²) in [6.45, 7) is 0.892. The predicted octanol–water partition coefficient (Wildman–Crippen LogP) is 5.08. The fourth-order valence-electron chi connectivity index (χ4n) is 3.14. The number of aromatic nitrogens is 2. The Kier molecular flexibility index (Phi) is 3.98. The number of rotatable bonds is 2. The molecule has 4 rings (SSSR count). The topological polar surface area (TPSA) is 29.9 Å². The van der Waals surface area contributed by atoms with Crippen molar-refractivity contribution >= 4 is 17.4 Å². The summed E-state index contributed by atoms with van der Waals surface area (Å²) in [4.78, 5) is 0. The molecule has 1 aliphatic heterocycles. The average Bonchev–Trinajstić information content (AvgIpc) is 2.78. The molecule has 0 unspecified atom stereocenters. The Morgan fingerprint density at radius 1 is 1.04 bits per heavy atom. The Morgan fingerprint density at radius 3 is 2.62 bits per heavy atom. The third kappa shape index (κ3) is 2.67. The summed E-state index contributed by atoms with van der Waals surface area (Å²) in [5, 5.41) is 8.88. The molecule has 0 fully saturated rings. The second-order valence-corrected chi connectivity index (χ2v) is 6.36. The third-order valence-corrected chi connectivity index (χ3v) is 4.58. The molecule has 0 bridgehead atoms. The van der Waals surface area contributed by atoms with Crippen LogP contribution in [0, 0.1) is 5.82 Å². The van der Waals surface area contributed by atoms with Gasteiger partial charge in [-0.15, -0.1) is 0 Å². The van der Waals surface area contributed by atoms with E-state index in [9.17, 15) is 4.39 Å². The quantitative estimate of drug-likeness (QED) is 0.704. The van der Waals surface area contributed by atoms with Gasteiger partial charge in [0.25, 0.3) is 0 Å². The van der Waals surface area contributed by atoms with Crippen molar-refractivity contribution in [1.29, 1.82) is 0 Å². The monoisotopic (exact) mass is 341 g/mol. The van der Waals surface area contributed by atoms with Gasteiger partial charge in [-0.1, -0.05) is 23.7 Å². The molecule has 5 heteroatoms. The highest BCUT2D eigenvalue weighted by Crippen LogP contribution is 2.35. The van der Waals surface area contributed by atoms with Gasteiger partial charge < -0.3 is 5.32 Å². The van der Waals surface area contributed by atoms with Gasteiger partial charge in [-0.25, -0.2) is 9.07 Å². The Balaban J connectivity index is 1.92. The lowest BCUT2D eigenvalue weighted by atomic mass is 10.0. The standard InChI is InChI=1S/C19H17ClFN3/c20-13-8-10-14(11-9-13)24-19-16(6-3-4-12-22-19)18(23-24)15-5-1-2-7-17(15)21/h1-2,5,7-11,22H,3-4,6,12H2. The number of benzene rings is 2. The van der Waals surface area contributed by atoms with Gasteiger partial charge in [-0.2, -0.15) is 5.10 Å². The van der Waals surface area contributed by atoms with Crippen LogP contribution in [0.1, 0.15) is 18.4 Å². The molecule has 2 heterocycles. The van der Waals surface area contributed by atoms with Crippen molar-refractivity contribution in [2.45, 2.75) is 19.3 Å². The van der Waals surface area contributed by atoms with E-state index in [0.717, 1.165) is 42.9 Å². The first-order chi connectivity index (χ1) is 11.7. The largest absolute Gasteiger partial charge is 0.370 e. The molecule has 24 heavy (non-hydrogen) atoms. The number of halogens is 2. The first-order valence-electron chi connectivity index (χ1n) is 8.10. The van der Waals surface area contributed by atoms with Crippen LogP contribution in [0.5, 0.6) is 0 Å². The zero-order valence-corrected chi connectivity index (χ0v) is 13.9. The molecule has 0 amide bonds. The van der Waals surface area contributed by atoms with Crippen molar-refractivity contribution in [2.75, 3.05) is 11.9 Å². The van der Waals surface area contributed by atoms with Gasteiger partial charge in [0, 0.05) is 22.7 Å². The molecule has 0 aliphatic carbocycles. The maximum atomic E-state index is 14.3. The highest BCUT2D eigenvalue weighted by atomic mass is 35.5. The fourth-order valence-corrected chi connectivity index (χ4v) is 3.27. The molecule has 0 radical (unpaired) electrons. The summed E-state index contributed by atoms with van der Waals surface area (Å²) in [6.07, 6.45) is 3.04. The van der Waals surface area contributed by atoms with Gasteiger partial charge in [0.05, 0.1) is 5.69 Å². The Labute approximate surface area is 145 Å². The minimum absolute atomic E-state index is 0.245. The normalized spacial score (nSPS) is 13.9. The van der Waals surface area contributed by atoms with Crippen LogP contribution in [0.4, 0.5) is 10.2 Å². The number of nitrogens with one attached hydrogen (secondary N) is 1. The van der Waals surface area contributed by atoms with E-state index in [-0.39, 0.29) is 5.82 Å². The lowest BCUT2D eigenvalue weighted by Gasteiger charge is -2.09. The molecule has 0 atom stereocenters. The van der Waals surface area contributed by atoms with E-state index < -0.39 is 0 Å². The summed E-state index contributed by atoms with van der Waals surface area (Å²) in [7, 11) is 0. The maximum absolute atomic E-state index is 14.3. The molecule has 3 aromatic rings. The van der Waals surface area contributed by atoms with E-state index in [0.29, 0.717) is 16.3 Å². The van der Waals surface area contributed by atoms with E-state index in [1.165, 1.54) is 6.07 Å². The third-order valence-electron chi connectivity index (χ3n) is 4.33. The number of nitrogens with zero attached hydrogens (tertiary/aromatic N) is 2. The number of hydrogen-bond donors (Lipinski definition) is 1. The molecule has 1 aliphatic rings. The molecule has 0 saturated carbocycles. The number of anilines is 1. The van der Waals surface area contributed by atoms with Crippen molar-refractivity contribution in [3.05, 3.63) is 64.9 Å². The van der Waals surface area contributed by atoms with Crippen LogP contribution in [0.25, 0.3) is 16.9 Å². The van der Waals surface area contributed by atoms with Crippen molar-refractivity contribution < 1.29 is 4.39 Å². The fraction of sp³-hybridized carbons (Fsp3) is 0.211. The Morgan fingerprint density at radius 2 is 1.83 bits per heavy atom. The molecule has 0 spiro atoms. The Bertz CT molecular complexity index is 871. The zero-order chi connectivity index (χ0) is 16.5. The van der Waals surface area contributed by atoms with E-state index >= 15 is 0 Å². The van der Waals surface area contributed by atoms with Crippen LogP contribution < -0.4 is 5.32 Å². The minimum Gasteiger partial charge on any atom is -0.370 e. The second-order valence-electron chi connectivity index (χ2n) is 5.93. The van der Waals surface area contributed by atoms with Gasteiger partial charge >= 0.3 is 0 Å². The lowest BCUT2D eigenvalue weighted by Crippen LogP contribution is -2.07. The SMILES string of the molecule is Fc1ccccc1-c1nn(-c2ccc(Cl)cc2)c2c1CCCCN2. The molecular weight excluding hydrogens is 325 g/mol. The highest BCUT2D eigenvalue weighted by Gasteiger charge is 2.23.